The normalized spacial score (nSPS) is 15.5. The Kier molecular flexibility index (Phi) is 3.35. The van der Waals surface area contributed by atoms with Gasteiger partial charge >= 0.3 is 0 Å². The van der Waals surface area contributed by atoms with E-state index in [1.165, 1.54) is 12.3 Å². The molecule has 6 heteroatoms. The maximum Gasteiger partial charge on any atom is 0.220 e. The van der Waals surface area contributed by atoms with Gasteiger partial charge in [-0.25, -0.2) is 8.42 Å². The maximum atomic E-state index is 12.4. The van der Waals surface area contributed by atoms with Gasteiger partial charge < -0.3 is 9.64 Å². The molecule has 0 bridgehead atoms. The zero-order chi connectivity index (χ0) is 15.7. The zero-order valence-corrected chi connectivity index (χ0v) is 12.5. The number of para-hydroxylation sites is 1. The molecule has 0 saturated heterocycles. The van der Waals surface area contributed by atoms with Crippen molar-refractivity contribution in [3.8, 4) is 11.8 Å². The Morgan fingerprint density at radius 3 is 2.41 bits per heavy atom. The van der Waals surface area contributed by atoms with E-state index in [2.05, 4.69) is 0 Å². The molecule has 0 N–H and O–H groups in total. The molecule has 0 saturated carbocycles. The van der Waals surface area contributed by atoms with E-state index in [0.717, 1.165) is 5.69 Å². The van der Waals surface area contributed by atoms with Gasteiger partial charge in [-0.2, -0.15) is 5.26 Å². The van der Waals surface area contributed by atoms with Crippen LogP contribution in [0, 0.1) is 11.3 Å². The largest absolute Gasteiger partial charge is 0.497 e. The topological polar surface area (TPSA) is 70.4 Å². The van der Waals surface area contributed by atoms with Crippen molar-refractivity contribution in [3.63, 3.8) is 0 Å². The van der Waals surface area contributed by atoms with E-state index < -0.39 is 9.84 Å². The van der Waals surface area contributed by atoms with Gasteiger partial charge in [0.05, 0.1) is 17.7 Å². The summed E-state index contributed by atoms with van der Waals surface area (Å²) < 4.78 is 29.9. The van der Waals surface area contributed by atoms with Crippen LogP contribution in [0.2, 0.25) is 0 Å². The Balaban J connectivity index is 2.21. The lowest BCUT2D eigenvalue weighted by Crippen LogP contribution is -2.21. The predicted octanol–water partition coefficient (Wildman–Crippen LogP) is 2.99. The summed E-state index contributed by atoms with van der Waals surface area (Å²) in [5, 5.41) is 9.15. The Morgan fingerprint density at radius 2 is 1.77 bits per heavy atom. The van der Waals surface area contributed by atoms with Crippen LogP contribution in [-0.2, 0) is 9.84 Å². The Morgan fingerprint density at radius 1 is 1.09 bits per heavy atom. The highest BCUT2D eigenvalue weighted by Gasteiger charge is 2.31. The summed E-state index contributed by atoms with van der Waals surface area (Å²) in [6.07, 6.45) is 1.35. The van der Waals surface area contributed by atoms with Crippen LogP contribution in [0.3, 0.4) is 0 Å². The fourth-order valence-corrected chi connectivity index (χ4v) is 3.60. The first-order chi connectivity index (χ1) is 10.6. The number of sulfone groups is 1. The highest BCUT2D eigenvalue weighted by molar-refractivity contribution is 7.95. The van der Waals surface area contributed by atoms with Crippen molar-refractivity contribution < 1.29 is 13.2 Å². The lowest BCUT2D eigenvalue weighted by molar-refractivity contribution is 0.415. The molecule has 1 heterocycles. The molecule has 0 unspecified atom stereocenters. The molecule has 3 rings (SSSR count). The number of rotatable bonds is 2. The van der Waals surface area contributed by atoms with Gasteiger partial charge in [0.15, 0.2) is 4.91 Å². The van der Waals surface area contributed by atoms with Crippen molar-refractivity contribution in [1.29, 1.82) is 5.26 Å². The summed E-state index contributed by atoms with van der Waals surface area (Å²) in [6, 6.07) is 15.5. The summed E-state index contributed by atoms with van der Waals surface area (Å²) in [7, 11) is -2.18. The van der Waals surface area contributed by atoms with Gasteiger partial charge in [-0.05, 0) is 36.4 Å². The van der Waals surface area contributed by atoms with E-state index in [4.69, 9.17) is 10.00 Å². The van der Waals surface area contributed by atoms with Crippen molar-refractivity contribution in [2.45, 2.75) is 4.90 Å². The quantitative estimate of drug-likeness (QED) is 0.852. The van der Waals surface area contributed by atoms with Crippen molar-refractivity contribution in [2.75, 3.05) is 12.0 Å². The van der Waals surface area contributed by atoms with Crippen molar-refractivity contribution in [2.24, 2.45) is 0 Å². The van der Waals surface area contributed by atoms with E-state index in [0.29, 0.717) is 11.4 Å². The maximum absolute atomic E-state index is 12.4. The van der Waals surface area contributed by atoms with Crippen LogP contribution in [0.5, 0.6) is 5.75 Å². The van der Waals surface area contributed by atoms with Gasteiger partial charge in [0, 0.05) is 11.9 Å². The Bertz CT molecular complexity index is 894. The highest BCUT2D eigenvalue weighted by atomic mass is 32.2. The summed E-state index contributed by atoms with van der Waals surface area (Å²) in [4.78, 5) is 1.54. The molecular weight excluding hydrogens is 300 g/mol. The number of nitrogens with zero attached hydrogens (tertiary/aromatic N) is 2. The number of allylic oxidation sites excluding steroid dienone is 1. The van der Waals surface area contributed by atoms with Gasteiger partial charge in [0.2, 0.25) is 9.84 Å². The number of methoxy groups -OCH3 is 1. The molecule has 0 spiro atoms. The third kappa shape index (κ3) is 2.12. The van der Waals surface area contributed by atoms with Crippen LogP contribution >= 0.6 is 0 Å². The number of ether oxygens (including phenoxy) is 1. The molecule has 5 nitrogen and oxygen atoms in total. The van der Waals surface area contributed by atoms with Gasteiger partial charge in [0.25, 0.3) is 0 Å². The SMILES string of the molecule is COc1ccc(N2C=C(C#N)S(=O)(=O)c3ccccc32)cc1. The molecule has 0 amide bonds. The third-order valence-corrected chi connectivity index (χ3v) is 5.11. The average Bonchev–Trinajstić information content (AvgIpc) is 2.55. The first kappa shape index (κ1) is 14.2. The van der Waals surface area contributed by atoms with Crippen LogP contribution in [-0.4, -0.2) is 15.5 Å². The standard InChI is InChI=1S/C16H12N2O3S/c1-21-13-8-6-12(7-9-13)18-11-14(10-17)22(19,20)16-5-3-2-4-15(16)18/h2-9,11H,1H3. The molecule has 2 aromatic carbocycles. The lowest BCUT2D eigenvalue weighted by Gasteiger charge is -2.27. The minimum atomic E-state index is -3.75. The first-order valence-corrected chi connectivity index (χ1v) is 7.95. The molecule has 0 aliphatic carbocycles. The van der Waals surface area contributed by atoms with Gasteiger partial charge in [0.1, 0.15) is 11.8 Å². The fourth-order valence-electron chi connectivity index (χ4n) is 2.30. The Labute approximate surface area is 128 Å². The number of hydrogen-bond donors (Lipinski definition) is 0. The number of fused-ring (bicyclic) bond motifs is 1. The van der Waals surface area contributed by atoms with Crippen LogP contribution < -0.4 is 9.64 Å². The number of benzene rings is 2. The fraction of sp³-hybridized carbons (Fsp3) is 0.0625. The van der Waals surface area contributed by atoms with Crippen LogP contribution in [0.1, 0.15) is 0 Å². The minimum absolute atomic E-state index is 0.130. The molecule has 110 valence electrons. The van der Waals surface area contributed by atoms with Gasteiger partial charge in [-0.3, -0.25) is 0 Å². The molecule has 22 heavy (non-hydrogen) atoms. The van der Waals surface area contributed by atoms with Crippen molar-refractivity contribution in [3.05, 3.63) is 59.6 Å². The van der Waals surface area contributed by atoms with E-state index >= 15 is 0 Å². The predicted molar refractivity (Wildman–Crippen MR) is 82.5 cm³/mol. The smallest absolute Gasteiger partial charge is 0.220 e. The summed E-state index contributed by atoms with van der Waals surface area (Å²) in [6.45, 7) is 0. The minimum Gasteiger partial charge on any atom is -0.497 e. The zero-order valence-electron chi connectivity index (χ0n) is 11.7. The van der Waals surface area contributed by atoms with Crippen LogP contribution in [0.25, 0.3) is 0 Å². The molecular formula is C16H12N2O3S. The highest BCUT2D eigenvalue weighted by Crippen LogP contribution is 2.39. The summed E-state index contributed by atoms with van der Waals surface area (Å²) in [5.41, 5.74) is 1.27. The van der Waals surface area contributed by atoms with Crippen LogP contribution in [0.4, 0.5) is 11.4 Å². The van der Waals surface area contributed by atoms with Gasteiger partial charge in [-0.1, -0.05) is 12.1 Å². The Hall–Kier alpha value is -2.78. The molecule has 2 aromatic rings. The van der Waals surface area contributed by atoms with Crippen molar-refractivity contribution >= 4 is 21.2 Å². The molecule has 1 aliphatic rings. The van der Waals surface area contributed by atoms with E-state index in [1.807, 2.05) is 0 Å². The summed E-state index contributed by atoms with van der Waals surface area (Å²) >= 11 is 0. The molecule has 1 aliphatic heterocycles. The number of anilines is 2. The molecule has 0 atom stereocenters. The third-order valence-electron chi connectivity index (χ3n) is 3.41. The molecule has 0 radical (unpaired) electrons. The average molecular weight is 312 g/mol. The summed E-state index contributed by atoms with van der Waals surface area (Å²) in [5.74, 6) is 0.700. The van der Waals surface area contributed by atoms with Crippen molar-refractivity contribution in [1.82, 2.24) is 0 Å². The van der Waals surface area contributed by atoms with Gasteiger partial charge in [-0.15, -0.1) is 0 Å². The second-order valence-electron chi connectivity index (χ2n) is 4.64. The molecule has 0 fully saturated rings. The van der Waals surface area contributed by atoms with E-state index in [1.54, 1.807) is 60.5 Å². The number of nitriles is 1. The van der Waals surface area contributed by atoms with E-state index in [-0.39, 0.29) is 9.80 Å². The molecule has 0 aromatic heterocycles. The van der Waals surface area contributed by atoms with E-state index in [9.17, 15) is 8.42 Å². The lowest BCUT2D eigenvalue weighted by atomic mass is 10.2. The number of hydrogen-bond acceptors (Lipinski definition) is 5. The monoisotopic (exact) mass is 312 g/mol. The van der Waals surface area contributed by atoms with Crippen LogP contribution in [0.15, 0.2) is 64.5 Å². The first-order valence-electron chi connectivity index (χ1n) is 6.47. The second kappa shape index (κ2) is 5.20. The second-order valence-corrected chi connectivity index (χ2v) is 6.53.